The minimum atomic E-state index is 0.520. The monoisotopic (exact) mass is 219 g/mol. The van der Waals surface area contributed by atoms with Crippen LogP contribution < -0.4 is 5.32 Å². The molecule has 1 aromatic rings. The van der Waals surface area contributed by atoms with E-state index in [1.165, 1.54) is 29.5 Å². The summed E-state index contributed by atoms with van der Waals surface area (Å²) in [7, 11) is 2.07. The van der Waals surface area contributed by atoms with Crippen molar-refractivity contribution in [3.63, 3.8) is 0 Å². The Morgan fingerprint density at radius 2 is 1.88 bits per heavy atom. The smallest absolute Gasteiger partial charge is 0.0320 e. The van der Waals surface area contributed by atoms with Gasteiger partial charge < -0.3 is 5.32 Å². The molecular weight excluding hydrogens is 194 g/mol. The molecular formula is C15H25N. The van der Waals surface area contributed by atoms with Crippen LogP contribution >= 0.6 is 0 Å². The molecule has 0 aliphatic rings. The standard InChI is InChI=1S/C15H25N/c1-5-8-15(16-4)14-11-12(6-2)9-10-13(14)7-3/h9-11,15-16H,5-8H2,1-4H3. The van der Waals surface area contributed by atoms with Gasteiger partial charge in [-0.15, -0.1) is 0 Å². The van der Waals surface area contributed by atoms with E-state index in [0.717, 1.165) is 12.8 Å². The van der Waals surface area contributed by atoms with Gasteiger partial charge in [0.25, 0.3) is 0 Å². The van der Waals surface area contributed by atoms with E-state index in [9.17, 15) is 0 Å². The summed E-state index contributed by atoms with van der Waals surface area (Å²) in [6.07, 6.45) is 4.70. The van der Waals surface area contributed by atoms with Crippen LogP contribution in [0, 0.1) is 0 Å². The zero-order chi connectivity index (χ0) is 12.0. The number of hydrogen-bond acceptors (Lipinski definition) is 1. The van der Waals surface area contributed by atoms with E-state index in [1.54, 1.807) is 0 Å². The van der Waals surface area contributed by atoms with E-state index in [0.29, 0.717) is 6.04 Å². The third kappa shape index (κ3) is 3.08. The molecule has 1 heteroatoms. The first-order valence-electron chi connectivity index (χ1n) is 6.55. The molecule has 1 nitrogen and oxygen atoms in total. The lowest BCUT2D eigenvalue weighted by atomic mass is 9.93. The Morgan fingerprint density at radius 3 is 2.38 bits per heavy atom. The van der Waals surface area contributed by atoms with Gasteiger partial charge in [0, 0.05) is 6.04 Å². The summed E-state index contributed by atoms with van der Waals surface area (Å²) in [5, 5.41) is 3.45. The third-order valence-electron chi connectivity index (χ3n) is 3.30. The first-order chi connectivity index (χ1) is 7.76. The summed E-state index contributed by atoms with van der Waals surface area (Å²) in [6.45, 7) is 6.71. The number of nitrogens with one attached hydrogen (secondary N) is 1. The summed E-state index contributed by atoms with van der Waals surface area (Å²) in [6, 6.07) is 7.47. The summed E-state index contributed by atoms with van der Waals surface area (Å²) >= 11 is 0. The maximum absolute atomic E-state index is 3.45. The molecule has 0 heterocycles. The van der Waals surface area contributed by atoms with Gasteiger partial charge in [0.1, 0.15) is 0 Å². The average molecular weight is 219 g/mol. The van der Waals surface area contributed by atoms with Crippen molar-refractivity contribution in [2.45, 2.75) is 52.5 Å². The van der Waals surface area contributed by atoms with Gasteiger partial charge in [-0.2, -0.15) is 0 Å². The van der Waals surface area contributed by atoms with E-state index < -0.39 is 0 Å². The van der Waals surface area contributed by atoms with Crippen LogP contribution in [0.5, 0.6) is 0 Å². The Labute approximate surface area is 100 Å². The van der Waals surface area contributed by atoms with Gasteiger partial charge >= 0.3 is 0 Å². The number of rotatable bonds is 6. The first kappa shape index (κ1) is 13.2. The molecule has 0 saturated heterocycles. The summed E-state index contributed by atoms with van der Waals surface area (Å²) in [5.74, 6) is 0. The second-order valence-electron chi connectivity index (χ2n) is 4.37. The molecule has 16 heavy (non-hydrogen) atoms. The fourth-order valence-corrected chi connectivity index (χ4v) is 2.25. The van der Waals surface area contributed by atoms with Crippen molar-refractivity contribution in [2.24, 2.45) is 0 Å². The molecule has 0 saturated carbocycles. The molecule has 0 spiro atoms. The zero-order valence-electron chi connectivity index (χ0n) is 11.1. The largest absolute Gasteiger partial charge is 0.313 e. The van der Waals surface area contributed by atoms with Gasteiger partial charge in [-0.3, -0.25) is 0 Å². The third-order valence-corrected chi connectivity index (χ3v) is 3.30. The lowest BCUT2D eigenvalue weighted by Crippen LogP contribution is -2.18. The lowest BCUT2D eigenvalue weighted by Gasteiger charge is -2.20. The molecule has 1 rings (SSSR count). The van der Waals surface area contributed by atoms with Crippen LogP contribution in [0.3, 0.4) is 0 Å². The quantitative estimate of drug-likeness (QED) is 0.766. The minimum absolute atomic E-state index is 0.520. The highest BCUT2D eigenvalue weighted by molar-refractivity contribution is 5.34. The van der Waals surface area contributed by atoms with Gasteiger partial charge in [-0.1, -0.05) is 45.4 Å². The van der Waals surface area contributed by atoms with Crippen molar-refractivity contribution >= 4 is 0 Å². The van der Waals surface area contributed by atoms with Crippen molar-refractivity contribution in [3.8, 4) is 0 Å². The number of aryl methyl sites for hydroxylation is 2. The second-order valence-corrected chi connectivity index (χ2v) is 4.37. The van der Waals surface area contributed by atoms with Crippen LogP contribution in [0.25, 0.3) is 0 Å². The Hall–Kier alpha value is -0.820. The fourth-order valence-electron chi connectivity index (χ4n) is 2.25. The molecule has 0 aromatic heterocycles. The number of hydrogen-bond donors (Lipinski definition) is 1. The van der Waals surface area contributed by atoms with Crippen molar-refractivity contribution in [1.29, 1.82) is 0 Å². The summed E-state index contributed by atoms with van der Waals surface area (Å²) in [5.41, 5.74) is 4.44. The van der Waals surface area contributed by atoms with Crippen LogP contribution in [0.2, 0.25) is 0 Å². The van der Waals surface area contributed by atoms with Crippen LogP contribution in [-0.4, -0.2) is 7.05 Å². The lowest BCUT2D eigenvalue weighted by molar-refractivity contribution is 0.537. The molecule has 90 valence electrons. The number of benzene rings is 1. The summed E-state index contributed by atoms with van der Waals surface area (Å²) < 4.78 is 0. The average Bonchev–Trinajstić information content (AvgIpc) is 2.35. The van der Waals surface area contributed by atoms with Gasteiger partial charge in [-0.25, -0.2) is 0 Å². The summed E-state index contributed by atoms with van der Waals surface area (Å²) in [4.78, 5) is 0. The maximum atomic E-state index is 3.45. The zero-order valence-corrected chi connectivity index (χ0v) is 11.1. The molecule has 0 bridgehead atoms. The van der Waals surface area contributed by atoms with Crippen LogP contribution in [0.1, 0.15) is 56.3 Å². The Balaban J connectivity index is 3.05. The minimum Gasteiger partial charge on any atom is -0.313 e. The highest BCUT2D eigenvalue weighted by Crippen LogP contribution is 2.24. The molecule has 0 aliphatic heterocycles. The Bertz CT molecular complexity index is 317. The van der Waals surface area contributed by atoms with Crippen LogP contribution in [-0.2, 0) is 12.8 Å². The van der Waals surface area contributed by atoms with Crippen molar-refractivity contribution in [3.05, 3.63) is 34.9 Å². The van der Waals surface area contributed by atoms with Crippen LogP contribution in [0.15, 0.2) is 18.2 Å². The molecule has 0 radical (unpaired) electrons. The molecule has 0 amide bonds. The van der Waals surface area contributed by atoms with Gasteiger partial charge in [-0.05, 0) is 43.0 Å². The normalized spacial score (nSPS) is 12.8. The molecule has 1 atom stereocenters. The molecule has 0 fully saturated rings. The topological polar surface area (TPSA) is 12.0 Å². The van der Waals surface area contributed by atoms with E-state index in [-0.39, 0.29) is 0 Å². The Morgan fingerprint density at radius 1 is 1.12 bits per heavy atom. The molecule has 1 aromatic carbocycles. The highest BCUT2D eigenvalue weighted by Gasteiger charge is 2.12. The van der Waals surface area contributed by atoms with E-state index in [4.69, 9.17) is 0 Å². The first-order valence-corrected chi connectivity index (χ1v) is 6.55. The van der Waals surface area contributed by atoms with Gasteiger partial charge in [0.15, 0.2) is 0 Å². The van der Waals surface area contributed by atoms with Gasteiger partial charge in [0.05, 0.1) is 0 Å². The molecule has 0 aliphatic carbocycles. The molecule has 1 unspecified atom stereocenters. The van der Waals surface area contributed by atoms with E-state index >= 15 is 0 Å². The predicted octanol–water partition coefficient (Wildman–Crippen LogP) is 3.87. The van der Waals surface area contributed by atoms with E-state index in [2.05, 4.69) is 51.3 Å². The van der Waals surface area contributed by atoms with E-state index in [1.807, 2.05) is 0 Å². The van der Waals surface area contributed by atoms with Crippen molar-refractivity contribution in [1.82, 2.24) is 5.32 Å². The molecule has 1 N–H and O–H groups in total. The fraction of sp³-hybridized carbons (Fsp3) is 0.600. The van der Waals surface area contributed by atoms with Crippen molar-refractivity contribution in [2.75, 3.05) is 7.05 Å². The van der Waals surface area contributed by atoms with Crippen molar-refractivity contribution < 1.29 is 0 Å². The maximum Gasteiger partial charge on any atom is 0.0320 e. The SMILES string of the molecule is CCCC(NC)c1cc(CC)ccc1CC. The Kier molecular flexibility index (Phi) is 5.54. The highest BCUT2D eigenvalue weighted by atomic mass is 14.9. The van der Waals surface area contributed by atoms with Gasteiger partial charge in [0.2, 0.25) is 0 Å². The second kappa shape index (κ2) is 6.70. The van der Waals surface area contributed by atoms with Crippen LogP contribution in [0.4, 0.5) is 0 Å². The predicted molar refractivity (Wildman–Crippen MR) is 71.9 cm³/mol.